The molecule has 1 aliphatic heterocycles. The normalized spacial score (nSPS) is 21.6. The maximum Gasteiger partial charge on any atom is 0.240 e. The van der Waals surface area contributed by atoms with Crippen LogP contribution in [0.15, 0.2) is 11.5 Å². The maximum absolute atomic E-state index is 11.3. The van der Waals surface area contributed by atoms with Crippen LogP contribution in [0.4, 0.5) is 0 Å². The maximum atomic E-state index is 11.3. The highest BCUT2D eigenvalue weighted by Crippen LogP contribution is 2.23. The first-order chi connectivity index (χ1) is 6.66. The van der Waals surface area contributed by atoms with Crippen molar-refractivity contribution in [3.8, 4) is 0 Å². The van der Waals surface area contributed by atoms with Gasteiger partial charge in [-0.1, -0.05) is 26.2 Å². The smallest absolute Gasteiger partial charge is 0.240 e. The first-order valence-corrected chi connectivity index (χ1v) is 5.27. The monoisotopic (exact) mass is 198 g/mol. The zero-order valence-corrected chi connectivity index (χ0v) is 8.88. The van der Waals surface area contributed by atoms with Crippen LogP contribution < -0.4 is 0 Å². The number of aliphatic hydroxyl groups excluding tert-OH is 1. The predicted molar refractivity (Wildman–Crippen MR) is 54.0 cm³/mol. The molecule has 0 aliphatic carbocycles. The minimum Gasteiger partial charge on any atom is -0.502 e. The lowest BCUT2D eigenvalue weighted by Crippen LogP contribution is -2.18. The number of unbranched alkanes of at least 4 members (excludes halogenated alkanes) is 3. The largest absolute Gasteiger partial charge is 0.502 e. The fourth-order valence-electron chi connectivity index (χ4n) is 1.60. The van der Waals surface area contributed by atoms with Crippen LogP contribution in [0.1, 0.15) is 46.0 Å². The topological polar surface area (TPSA) is 46.5 Å². The molecule has 0 bridgehead atoms. The van der Waals surface area contributed by atoms with Gasteiger partial charge in [-0.05, 0) is 19.8 Å². The highest BCUT2D eigenvalue weighted by atomic mass is 16.5. The lowest BCUT2D eigenvalue weighted by molar-refractivity contribution is -0.123. The summed E-state index contributed by atoms with van der Waals surface area (Å²) in [5.41, 5.74) is 0. The molecule has 0 saturated heterocycles. The zero-order valence-electron chi connectivity index (χ0n) is 8.88. The average molecular weight is 198 g/mol. The van der Waals surface area contributed by atoms with Gasteiger partial charge in [-0.3, -0.25) is 4.79 Å². The lowest BCUT2D eigenvalue weighted by Gasteiger charge is -2.08. The molecule has 0 fully saturated rings. The number of carbonyl (C=O) groups is 1. The minimum absolute atomic E-state index is 0.189. The number of allylic oxidation sites excluding steroid dienone is 1. The van der Waals surface area contributed by atoms with Crippen LogP contribution >= 0.6 is 0 Å². The molecule has 1 N–H and O–H groups in total. The second-order valence-electron chi connectivity index (χ2n) is 3.72. The first kappa shape index (κ1) is 11.1. The molecule has 0 spiro atoms. The summed E-state index contributed by atoms with van der Waals surface area (Å²) in [4.78, 5) is 11.3. The van der Waals surface area contributed by atoms with Gasteiger partial charge in [-0.25, -0.2) is 0 Å². The molecule has 14 heavy (non-hydrogen) atoms. The second kappa shape index (κ2) is 5.03. The van der Waals surface area contributed by atoms with Crippen LogP contribution in [0.25, 0.3) is 0 Å². The fraction of sp³-hybridized carbons (Fsp3) is 0.727. The van der Waals surface area contributed by atoms with Crippen molar-refractivity contribution in [3.05, 3.63) is 11.5 Å². The van der Waals surface area contributed by atoms with E-state index < -0.39 is 6.10 Å². The second-order valence-corrected chi connectivity index (χ2v) is 3.72. The average Bonchev–Trinajstić information content (AvgIpc) is 2.41. The molecule has 1 unspecified atom stereocenters. The Morgan fingerprint density at radius 3 is 2.57 bits per heavy atom. The number of hydrogen-bond acceptors (Lipinski definition) is 3. The molecule has 0 aromatic rings. The molecule has 3 heteroatoms. The number of carbonyl (C=O) groups excluding carboxylic acids is 1. The van der Waals surface area contributed by atoms with Gasteiger partial charge in [0.25, 0.3) is 0 Å². The number of hydrogen-bond donors (Lipinski definition) is 1. The molecular weight excluding hydrogens is 180 g/mol. The Morgan fingerprint density at radius 1 is 1.36 bits per heavy atom. The van der Waals surface area contributed by atoms with E-state index >= 15 is 0 Å². The van der Waals surface area contributed by atoms with Crippen molar-refractivity contribution in [1.82, 2.24) is 0 Å². The van der Waals surface area contributed by atoms with E-state index in [1.54, 1.807) is 6.92 Å². The number of aliphatic hydroxyl groups is 1. The number of ketones is 1. The van der Waals surface area contributed by atoms with Crippen molar-refractivity contribution >= 4 is 5.78 Å². The summed E-state index contributed by atoms with van der Waals surface area (Å²) in [6.07, 6.45) is 4.79. The summed E-state index contributed by atoms with van der Waals surface area (Å²) >= 11 is 0. The number of ether oxygens (including phenoxy) is 1. The molecule has 1 rings (SSSR count). The standard InChI is InChI=1S/C11H18O3/c1-3-4-5-6-7-9-11(13)10(12)8(2)14-9/h9,12H,3-7H2,1-2H3. The minimum atomic E-state index is -0.424. The molecule has 80 valence electrons. The summed E-state index contributed by atoms with van der Waals surface area (Å²) in [7, 11) is 0. The van der Waals surface area contributed by atoms with Crippen molar-refractivity contribution < 1.29 is 14.6 Å². The van der Waals surface area contributed by atoms with Gasteiger partial charge >= 0.3 is 0 Å². The number of Topliss-reactive ketones (excluding diaryl/α,β-unsaturated/α-hetero) is 1. The van der Waals surface area contributed by atoms with Gasteiger partial charge in [0.1, 0.15) is 5.76 Å². The van der Waals surface area contributed by atoms with E-state index in [0.29, 0.717) is 5.76 Å². The molecule has 1 aliphatic rings. The summed E-state index contributed by atoms with van der Waals surface area (Å²) in [5, 5.41) is 9.24. The molecule has 3 nitrogen and oxygen atoms in total. The Hall–Kier alpha value is -0.990. The highest BCUT2D eigenvalue weighted by molar-refractivity contribution is 5.98. The quantitative estimate of drug-likeness (QED) is 0.691. The van der Waals surface area contributed by atoms with Crippen LogP contribution in [-0.2, 0) is 9.53 Å². The van der Waals surface area contributed by atoms with E-state index in [9.17, 15) is 9.90 Å². The van der Waals surface area contributed by atoms with Crippen molar-refractivity contribution in [2.24, 2.45) is 0 Å². The molecule has 0 aromatic heterocycles. The third-order valence-corrected chi connectivity index (χ3v) is 2.50. The van der Waals surface area contributed by atoms with Crippen LogP contribution in [-0.4, -0.2) is 17.0 Å². The van der Waals surface area contributed by atoms with Gasteiger partial charge in [-0.2, -0.15) is 0 Å². The first-order valence-electron chi connectivity index (χ1n) is 5.27. The fourth-order valence-corrected chi connectivity index (χ4v) is 1.60. The van der Waals surface area contributed by atoms with E-state index in [4.69, 9.17) is 4.74 Å². The molecule has 0 amide bonds. The Balaban J connectivity index is 2.26. The Kier molecular flexibility index (Phi) is 3.98. The molecule has 1 heterocycles. The van der Waals surface area contributed by atoms with E-state index in [1.807, 2.05) is 0 Å². The van der Waals surface area contributed by atoms with Crippen LogP contribution in [0.5, 0.6) is 0 Å². The highest BCUT2D eigenvalue weighted by Gasteiger charge is 2.32. The Bertz CT molecular complexity index is 243. The van der Waals surface area contributed by atoms with Crippen molar-refractivity contribution in [2.45, 2.75) is 52.1 Å². The lowest BCUT2D eigenvalue weighted by atomic mass is 10.1. The molecule has 0 aromatic carbocycles. The van der Waals surface area contributed by atoms with Gasteiger partial charge in [-0.15, -0.1) is 0 Å². The third-order valence-electron chi connectivity index (χ3n) is 2.50. The Morgan fingerprint density at radius 2 is 2.07 bits per heavy atom. The summed E-state index contributed by atoms with van der Waals surface area (Å²) in [5.74, 6) is -0.0695. The van der Waals surface area contributed by atoms with Crippen LogP contribution in [0.2, 0.25) is 0 Å². The molecule has 0 radical (unpaired) electrons. The number of rotatable bonds is 5. The van der Waals surface area contributed by atoms with Gasteiger partial charge in [0.15, 0.2) is 6.10 Å². The summed E-state index contributed by atoms with van der Waals surface area (Å²) in [6, 6.07) is 0. The van der Waals surface area contributed by atoms with Gasteiger partial charge < -0.3 is 9.84 Å². The van der Waals surface area contributed by atoms with Crippen LogP contribution in [0, 0.1) is 0 Å². The summed E-state index contributed by atoms with van der Waals surface area (Å²) < 4.78 is 5.25. The van der Waals surface area contributed by atoms with E-state index in [-0.39, 0.29) is 11.5 Å². The Labute approximate surface area is 84.8 Å². The SMILES string of the molecule is CCCCCCC1OC(C)=C(O)C1=O. The third kappa shape index (κ3) is 2.50. The van der Waals surface area contributed by atoms with Gasteiger partial charge in [0.2, 0.25) is 11.5 Å². The van der Waals surface area contributed by atoms with Gasteiger partial charge in [0.05, 0.1) is 0 Å². The van der Waals surface area contributed by atoms with E-state index in [1.165, 1.54) is 12.8 Å². The molecule has 0 saturated carbocycles. The predicted octanol–water partition coefficient (Wildman–Crippen LogP) is 2.71. The molecule has 1 atom stereocenters. The molecular formula is C11H18O3. The van der Waals surface area contributed by atoms with Crippen molar-refractivity contribution in [1.29, 1.82) is 0 Å². The van der Waals surface area contributed by atoms with E-state index in [0.717, 1.165) is 19.3 Å². The zero-order chi connectivity index (χ0) is 10.6. The van der Waals surface area contributed by atoms with Crippen molar-refractivity contribution in [2.75, 3.05) is 0 Å². The van der Waals surface area contributed by atoms with E-state index in [2.05, 4.69) is 6.92 Å². The van der Waals surface area contributed by atoms with Crippen molar-refractivity contribution in [3.63, 3.8) is 0 Å². The van der Waals surface area contributed by atoms with Gasteiger partial charge in [0, 0.05) is 0 Å². The van der Waals surface area contributed by atoms with Crippen LogP contribution in [0.3, 0.4) is 0 Å². The summed E-state index contributed by atoms with van der Waals surface area (Å²) in [6.45, 7) is 3.77.